The van der Waals surface area contributed by atoms with E-state index in [0.29, 0.717) is 38.7 Å². The third-order valence-corrected chi connectivity index (χ3v) is 2.27. The van der Waals surface area contributed by atoms with Crippen molar-refractivity contribution in [3.05, 3.63) is 0 Å². The van der Waals surface area contributed by atoms with Gasteiger partial charge in [0.25, 0.3) is 0 Å². The molecule has 0 aliphatic heterocycles. The highest BCUT2D eigenvalue weighted by Gasteiger charge is 2.05. The minimum absolute atomic E-state index is 0.0103. The molecule has 0 aromatic heterocycles. The molecule has 0 spiro atoms. The van der Waals surface area contributed by atoms with Crippen molar-refractivity contribution >= 4 is 11.9 Å². The first kappa shape index (κ1) is 17.0. The van der Waals surface area contributed by atoms with Gasteiger partial charge in [-0.3, -0.25) is 9.59 Å². The zero-order chi connectivity index (χ0) is 14.3. The molecule has 104 valence electrons. The summed E-state index contributed by atoms with van der Waals surface area (Å²) in [7, 11) is 0. The normalized spacial score (nSPS) is 9.16. The second-order valence-electron chi connectivity index (χ2n) is 3.91. The van der Waals surface area contributed by atoms with E-state index >= 15 is 0 Å². The molecule has 0 aromatic rings. The van der Waals surface area contributed by atoms with Crippen molar-refractivity contribution in [1.82, 2.24) is 0 Å². The predicted molar refractivity (Wildman–Crippen MR) is 68.7 cm³/mol. The predicted octanol–water partition coefficient (Wildman–Crippen LogP) is 1.96. The Morgan fingerprint density at radius 2 is 1.63 bits per heavy atom. The van der Waals surface area contributed by atoms with Crippen LogP contribution in [0.3, 0.4) is 0 Å². The molecule has 0 fully saturated rings. The molecule has 0 amide bonds. The standard InChI is InChI=1S/C14H19NO4/c1-2-11-18-13(16)8-4-5-9-14(17)19-12-7-3-6-10-15/h1H,3-9,11-12H2. The number of hydrogen-bond acceptors (Lipinski definition) is 5. The molecular formula is C14H19NO4. The van der Waals surface area contributed by atoms with Crippen LogP contribution in [0.5, 0.6) is 0 Å². The Morgan fingerprint density at radius 3 is 2.21 bits per heavy atom. The Morgan fingerprint density at radius 1 is 1.00 bits per heavy atom. The molecule has 0 radical (unpaired) electrons. The van der Waals surface area contributed by atoms with Crippen molar-refractivity contribution in [3.63, 3.8) is 0 Å². The molecule has 0 aliphatic rings. The van der Waals surface area contributed by atoms with Gasteiger partial charge in [0.15, 0.2) is 6.61 Å². The number of rotatable bonds is 10. The van der Waals surface area contributed by atoms with E-state index in [4.69, 9.17) is 16.4 Å². The Kier molecular flexibility index (Phi) is 11.1. The van der Waals surface area contributed by atoms with Gasteiger partial charge in [-0.05, 0) is 25.7 Å². The summed E-state index contributed by atoms with van der Waals surface area (Å²) in [6.07, 6.45) is 8.59. The lowest BCUT2D eigenvalue weighted by Crippen LogP contribution is -2.07. The molecule has 0 atom stereocenters. The maximum absolute atomic E-state index is 11.3. The number of nitrogens with zero attached hydrogens (tertiary/aromatic N) is 1. The van der Waals surface area contributed by atoms with Crippen LogP contribution in [0.2, 0.25) is 0 Å². The van der Waals surface area contributed by atoms with Gasteiger partial charge in [-0.15, -0.1) is 6.42 Å². The third kappa shape index (κ3) is 12.2. The third-order valence-electron chi connectivity index (χ3n) is 2.27. The Balaban J connectivity index is 3.36. The zero-order valence-corrected chi connectivity index (χ0v) is 11.0. The van der Waals surface area contributed by atoms with Crippen molar-refractivity contribution in [2.75, 3.05) is 13.2 Å². The fourth-order valence-corrected chi connectivity index (χ4v) is 1.30. The van der Waals surface area contributed by atoms with Gasteiger partial charge in [0.1, 0.15) is 0 Å². The van der Waals surface area contributed by atoms with E-state index in [1.54, 1.807) is 0 Å². The Hall–Kier alpha value is -2.01. The number of nitriles is 1. The van der Waals surface area contributed by atoms with Gasteiger partial charge in [0.05, 0.1) is 12.7 Å². The molecule has 0 saturated heterocycles. The van der Waals surface area contributed by atoms with Crippen molar-refractivity contribution in [2.24, 2.45) is 0 Å². The fraction of sp³-hybridized carbons (Fsp3) is 0.643. The quantitative estimate of drug-likeness (QED) is 0.343. The van der Waals surface area contributed by atoms with Gasteiger partial charge in [0.2, 0.25) is 0 Å². The number of ether oxygens (including phenoxy) is 2. The monoisotopic (exact) mass is 265 g/mol. The lowest BCUT2D eigenvalue weighted by Gasteiger charge is -2.04. The molecule has 5 heteroatoms. The van der Waals surface area contributed by atoms with Gasteiger partial charge in [-0.2, -0.15) is 5.26 Å². The van der Waals surface area contributed by atoms with Crippen LogP contribution < -0.4 is 0 Å². The zero-order valence-electron chi connectivity index (χ0n) is 11.0. The van der Waals surface area contributed by atoms with Crippen LogP contribution in [0.15, 0.2) is 0 Å². The van der Waals surface area contributed by atoms with Crippen molar-refractivity contribution in [3.8, 4) is 18.4 Å². The van der Waals surface area contributed by atoms with E-state index in [-0.39, 0.29) is 25.0 Å². The number of unbranched alkanes of at least 4 members (excludes halogenated alkanes) is 3. The van der Waals surface area contributed by atoms with Crippen molar-refractivity contribution in [1.29, 1.82) is 5.26 Å². The molecule has 0 rings (SSSR count). The van der Waals surface area contributed by atoms with Gasteiger partial charge >= 0.3 is 11.9 Å². The van der Waals surface area contributed by atoms with Crippen LogP contribution in [0.4, 0.5) is 0 Å². The van der Waals surface area contributed by atoms with Crippen LogP contribution in [-0.4, -0.2) is 25.2 Å². The molecule has 0 N–H and O–H groups in total. The molecule has 0 bridgehead atoms. The number of carbonyl (C=O) groups excluding carboxylic acids is 2. The van der Waals surface area contributed by atoms with Crippen LogP contribution >= 0.6 is 0 Å². The molecule has 0 saturated carbocycles. The van der Waals surface area contributed by atoms with Gasteiger partial charge in [-0.25, -0.2) is 0 Å². The number of terminal acetylenes is 1. The first-order chi connectivity index (χ1) is 9.20. The second kappa shape index (κ2) is 12.4. The summed E-state index contributed by atoms with van der Waals surface area (Å²) >= 11 is 0. The Bertz CT molecular complexity index is 351. The van der Waals surface area contributed by atoms with E-state index < -0.39 is 0 Å². The molecule has 0 unspecified atom stereocenters. The summed E-state index contributed by atoms with van der Waals surface area (Å²) in [5.41, 5.74) is 0. The van der Waals surface area contributed by atoms with Crippen LogP contribution in [0, 0.1) is 23.7 Å². The van der Waals surface area contributed by atoms with E-state index in [9.17, 15) is 9.59 Å². The van der Waals surface area contributed by atoms with E-state index in [1.165, 1.54) is 0 Å². The maximum atomic E-state index is 11.3. The molecule has 5 nitrogen and oxygen atoms in total. The molecule has 0 heterocycles. The average Bonchev–Trinajstić information content (AvgIpc) is 2.41. The molecule has 19 heavy (non-hydrogen) atoms. The summed E-state index contributed by atoms with van der Waals surface area (Å²) < 4.78 is 9.65. The number of hydrogen-bond donors (Lipinski definition) is 0. The van der Waals surface area contributed by atoms with E-state index in [0.717, 1.165) is 6.42 Å². The van der Waals surface area contributed by atoms with Crippen molar-refractivity contribution in [2.45, 2.75) is 44.9 Å². The van der Waals surface area contributed by atoms with Crippen LogP contribution in [-0.2, 0) is 19.1 Å². The van der Waals surface area contributed by atoms with Gasteiger partial charge < -0.3 is 9.47 Å². The van der Waals surface area contributed by atoms with Crippen LogP contribution in [0.25, 0.3) is 0 Å². The topological polar surface area (TPSA) is 76.4 Å². The summed E-state index contributed by atoms with van der Waals surface area (Å²) in [4.78, 5) is 22.3. The summed E-state index contributed by atoms with van der Waals surface area (Å²) in [5.74, 6) is 1.59. The average molecular weight is 265 g/mol. The van der Waals surface area contributed by atoms with Gasteiger partial charge in [-0.1, -0.05) is 5.92 Å². The first-order valence-electron chi connectivity index (χ1n) is 6.32. The highest BCUT2D eigenvalue weighted by molar-refractivity contribution is 5.70. The minimum Gasteiger partial charge on any atom is -0.466 e. The SMILES string of the molecule is C#CCOC(=O)CCCCC(=O)OCCCCC#N. The number of carbonyl (C=O) groups is 2. The van der Waals surface area contributed by atoms with E-state index in [1.807, 2.05) is 6.07 Å². The smallest absolute Gasteiger partial charge is 0.306 e. The maximum Gasteiger partial charge on any atom is 0.306 e. The lowest BCUT2D eigenvalue weighted by molar-refractivity contribution is -0.145. The minimum atomic E-state index is -0.345. The summed E-state index contributed by atoms with van der Waals surface area (Å²) in [6, 6.07) is 2.03. The van der Waals surface area contributed by atoms with Crippen LogP contribution in [0.1, 0.15) is 44.9 Å². The largest absolute Gasteiger partial charge is 0.466 e. The first-order valence-corrected chi connectivity index (χ1v) is 6.32. The number of esters is 2. The fourth-order valence-electron chi connectivity index (χ4n) is 1.30. The molecule has 0 aliphatic carbocycles. The highest BCUT2D eigenvalue weighted by Crippen LogP contribution is 2.03. The summed E-state index contributed by atoms with van der Waals surface area (Å²) in [5, 5.41) is 8.31. The second-order valence-corrected chi connectivity index (χ2v) is 3.91. The summed E-state index contributed by atoms with van der Waals surface area (Å²) in [6.45, 7) is 0.342. The Labute approximate surface area is 113 Å². The van der Waals surface area contributed by atoms with E-state index in [2.05, 4.69) is 10.7 Å². The van der Waals surface area contributed by atoms with Gasteiger partial charge in [0, 0.05) is 19.3 Å². The highest BCUT2D eigenvalue weighted by atomic mass is 16.5. The molecule has 0 aromatic carbocycles. The lowest BCUT2D eigenvalue weighted by atomic mass is 10.2. The van der Waals surface area contributed by atoms with Crippen molar-refractivity contribution < 1.29 is 19.1 Å². The molecular weight excluding hydrogens is 246 g/mol.